The molecule has 0 amide bonds. The SMILES string of the molecule is C1=NCCO1.[Ni]. The van der Waals surface area contributed by atoms with Crippen molar-refractivity contribution in [2.45, 2.75) is 0 Å². The Labute approximate surface area is 46.5 Å². The van der Waals surface area contributed by atoms with Crippen molar-refractivity contribution in [1.82, 2.24) is 0 Å². The Morgan fingerprint density at radius 1 is 1.67 bits per heavy atom. The number of hydrogen-bond donors (Lipinski definition) is 0. The molecule has 0 aromatic heterocycles. The summed E-state index contributed by atoms with van der Waals surface area (Å²) in [5.74, 6) is 0. The first-order valence-corrected chi connectivity index (χ1v) is 1.60. The largest absolute Gasteiger partial charge is 0.482 e. The van der Waals surface area contributed by atoms with Crippen LogP contribution in [0.25, 0.3) is 0 Å². The summed E-state index contributed by atoms with van der Waals surface area (Å²) < 4.78 is 4.65. The minimum Gasteiger partial charge on any atom is -0.482 e. The quantitative estimate of drug-likeness (QED) is 0.424. The van der Waals surface area contributed by atoms with Gasteiger partial charge in [0.05, 0.1) is 6.54 Å². The predicted molar refractivity (Wildman–Crippen MR) is 19.3 cm³/mol. The van der Waals surface area contributed by atoms with Crippen molar-refractivity contribution >= 4 is 6.40 Å². The van der Waals surface area contributed by atoms with E-state index in [0.29, 0.717) is 0 Å². The molecule has 0 spiro atoms. The second-order valence-corrected chi connectivity index (χ2v) is 0.882. The third-order valence-electron chi connectivity index (χ3n) is 0.487. The van der Waals surface area contributed by atoms with E-state index in [0.717, 1.165) is 13.2 Å². The van der Waals surface area contributed by atoms with Gasteiger partial charge in [-0.05, 0) is 0 Å². The minimum absolute atomic E-state index is 0. The van der Waals surface area contributed by atoms with Gasteiger partial charge in [0.15, 0.2) is 6.40 Å². The van der Waals surface area contributed by atoms with Gasteiger partial charge in [-0.25, -0.2) is 0 Å². The van der Waals surface area contributed by atoms with Crippen molar-refractivity contribution in [3.63, 3.8) is 0 Å². The van der Waals surface area contributed by atoms with Gasteiger partial charge in [0.2, 0.25) is 0 Å². The van der Waals surface area contributed by atoms with Gasteiger partial charge in [0.1, 0.15) is 6.61 Å². The van der Waals surface area contributed by atoms with Gasteiger partial charge >= 0.3 is 0 Å². The molecular weight excluding hydrogens is 125 g/mol. The molecule has 0 saturated carbocycles. The van der Waals surface area contributed by atoms with E-state index in [2.05, 4.69) is 9.73 Å². The van der Waals surface area contributed by atoms with E-state index in [1.54, 1.807) is 0 Å². The molecule has 1 aliphatic rings. The Morgan fingerprint density at radius 3 is 2.67 bits per heavy atom. The standard InChI is InChI=1S/C3H5NO.Ni/c1-2-5-3-4-1;/h3H,1-2H2;. The summed E-state index contributed by atoms with van der Waals surface area (Å²) in [4.78, 5) is 3.74. The van der Waals surface area contributed by atoms with E-state index in [1.165, 1.54) is 6.40 Å². The van der Waals surface area contributed by atoms with E-state index in [9.17, 15) is 0 Å². The first-order chi connectivity index (χ1) is 2.50. The Balaban J connectivity index is 0.000000250. The predicted octanol–water partition coefficient (Wildman–Crippen LogP) is 0.0424. The third kappa shape index (κ3) is 1.41. The van der Waals surface area contributed by atoms with Crippen LogP contribution in [0.4, 0.5) is 0 Å². The van der Waals surface area contributed by atoms with Crippen LogP contribution in [-0.2, 0) is 21.2 Å². The van der Waals surface area contributed by atoms with Crippen molar-refractivity contribution in [2.75, 3.05) is 13.2 Å². The smallest absolute Gasteiger partial charge is 0.169 e. The molecule has 0 radical (unpaired) electrons. The summed E-state index contributed by atoms with van der Waals surface area (Å²) in [6.07, 6.45) is 1.49. The van der Waals surface area contributed by atoms with Crippen molar-refractivity contribution in [2.24, 2.45) is 4.99 Å². The Kier molecular flexibility index (Phi) is 3.15. The van der Waals surface area contributed by atoms with Crippen LogP contribution in [0.5, 0.6) is 0 Å². The number of aliphatic imine (C=N–C) groups is 1. The molecule has 3 heteroatoms. The zero-order chi connectivity index (χ0) is 3.54. The first-order valence-electron chi connectivity index (χ1n) is 1.60. The summed E-state index contributed by atoms with van der Waals surface area (Å²) in [7, 11) is 0. The molecule has 38 valence electrons. The molecule has 2 nitrogen and oxygen atoms in total. The Morgan fingerprint density at radius 2 is 2.50 bits per heavy atom. The van der Waals surface area contributed by atoms with Gasteiger partial charge in [0, 0.05) is 16.5 Å². The molecule has 1 heterocycles. The molecule has 0 fully saturated rings. The maximum Gasteiger partial charge on any atom is 0.169 e. The van der Waals surface area contributed by atoms with Crippen molar-refractivity contribution in [1.29, 1.82) is 0 Å². The molecule has 6 heavy (non-hydrogen) atoms. The van der Waals surface area contributed by atoms with Crippen LogP contribution >= 0.6 is 0 Å². The van der Waals surface area contributed by atoms with Gasteiger partial charge in [-0.2, -0.15) is 0 Å². The van der Waals surface area contributed by atoms with Crippen LogP contribution in [0.15, 0.2) is 4.99 Å². The maximum atomic E-state index is 4.65. The van der Waals surface area contributed by atoms with E-state index in [1.807, 2.05) is 0 Å². The topological polar surface area (TPSA) is 21.6 Å². The molecular formula is C3H5NNiO. The zero-order valence-corrected chi connectivity index (χ0v) is 4.15. The van der Waals surface area contributed by atoms with Crippen LogP contribution in [0, 0.1) is 0 Å². The molecule has 0 saturated heterocycles. The molecule has 1 aliphatic heterocycles. The monoisotopic (exact) mass is 129 g/mol. The minimum atomic E-state index is 0. The third-order valence-corrected chi connectivity index (χ3v) is 0.487. The first kappa shape index (κ1) is 5.96. The van der Waals surface area contributed by atoms with Crippen LogP contribution in [0.2, 0.25) is 0 Å². The molecule has 0 bridgehead atoms. The van der Waals surface area contributed by atoms with Crippen molar-refractivity contribution < 1.29 is 21.2 Å². The molecule has 0 aliphatic carbocycles. The summed E-state index contributed by atoms with van der Waals surface area (Å²) in [5, 5.41) is 0. The van der Waals surface area contributed by atoms with Crippen LogP contribution in [0.1, 0.15) is 0 Å². The summed E-state index contributed by atoms with van der Waals surface area (Å²) in [6.45, 7) is 1.62. The average Bonchev–Trinajstić information content (AvgIpc) is 1.76. The van der Waals surface area contributed by atoms with Gasteiger partial charge in [-0.15, -0.1) is 0 Å². The van der Waals surface area contributed by atoms with Crippen molar-refractivity contribution in [3.8, 4) is 0 Å². The molecule has 1 rings (SSSR count). The summed E-state index contributed by atoms with van der Waals surface area (Å²) in [6, 6.07) is 0. The fourth-order valence-corrected chi connectivity index (χ4v) is 0.264. The van der Waals surface area contributed by atoms with Crippen LogP contribution < -0.4 is 0 Å². The Bertz CT molecular complexity index is 48.8. The number of hydrogen-bond acceptors (Lipinski definition) is 2. The number of ether oxygens (including phenoxy) is 1. The summed E-state index contributed by atoms with van der Waals surface area (Å²) >= 11 is 0. The molecule has 0 unspecified atom stereocenters. The van der Waals surface area contributed by atoms with Crippen LogP contribution in [-0.4, -0.2) is 19.6 Å². The zero-order valence-electron chi connectivity index (χ0n) is 3.16. The van der Waals surface area contributed by atoms with Crippen LogP contribution in [0.3, 0.4) is 0 Å². The van der Waals surface area contributed by atoms with E-state index in [4.69, 9.17) is 0 Å². The van der Waals surface area contributed by atoms with Crippen molar-refractivity contribution in [3.05, 3.63) is 0 Å². The second-order valence-electron chi connectivity index (χ2n) is 0.882. The van der Waals surface area contributed by atoms with E-state index >= 15 is 0 Å². The Hall–Kier alpha value is -0.0365. The molecule has 0 aromatic carbocycles. The maximum absolute atomic E-state index is 4.65. The second kappa shape index (κ2) is 3.16. The van der Waals surface area contributed by atoms with E-state index < -0.39 is 0 Å². The van der Waals surface area contributed by atoms with Gasteiger partial charge < -0.3 is 4.74 Å². The molecule has 0 atom stereocenters. The van der Waals surface area contributed by atoms with Gasteiger partial charge in [-0.3, -0.25) is 4.99 Å². The normalized spacial score (nSPS) is 16.0. The van der Waals surface area contributed by atoms with Gasteiger partial charge in [-0.1, -0.05) is 0 Å². The fraction of sp³-hybridized carbons (Fsp3) is 0.667. The average molecular weight is 130 g/mol. The molecule has 0 N–H and O–H groups in total. The van der Waals surface area contributed by atoms with Gasteiger partial charge in [0.25, 0.3) is 0 Å². The fourth-order valence-electron chi connectivity index (χ4n) is 0.264. The molecule has 0 aromatic rings. The number of rotatable bonds is 0. The van der Waals surface area contributed by atoms with E-state index in [-0.39, 0.29) is 16.5 Å². The summed E-state index contributed by atoms with van der Waals surface area (Å²) in [5.41, 5.74) is 0. The number of nitrogens with zero attached hydrogens (tertiary/aromatic N) is 1.